The summed E-state index contributed by atoms with van der Waals surface area (Å²) in [6, 6.07) is 15.6. The summed E-state index contributed by atoms with van der Waals surface area (Å²) < 4.78 is 11.0. The number of aryl methyl sites for hydroxylation is 1. The number of rotatable bonds is 5. The largest absolute Gasteiger partial charge is 0.495 e. The van der Waals surface area contributed by atoms with E-state index in [-0.39, 0.29) is 0 Å². The molecular weight excluding hydrogens is 250 g/mol. The molecule has 20 heavy (non-hydrogen) atoms. The highest BCUT2D eigenvalue weighted by atomic mass is 16.5. The van der Waals surface area contributed by atoms with E-state index in [1.54, 1.807) is 13.2 Å². The molecule has 0 aliphatic heterocycles. The van der Waals surface area contributed by atoms with Crippen LogP contribution in [0.15, 0.2) is 42.5 Å². The molecular formula is C17H17NO2. The monoisotopic (exact) mass is 267 g/mol. The SMILES string of the molecule is CCc1cccc(OCc2ccc(C#N)c(OC)c2)c1. The third-order valence-corrected chi connectivity index (χ3v) is 3.10. The van der Waals surface area contributed by atoms with Gasteiger partial charge in [-0.3, -0.25) is 0 Å². The number of nitrogens with zero attached hydrogens (tertiary/aromatic N) is 1. The second kappa shape index (κ2) is 6.63. The lowest BCUT2D eigenvalue weighted by atomic mass is 10.1. The molecule has 0 atom stereocenters. The van der Waals surface area contributed by atoms with Gasteiger partial charge in [0.05, 0.1) is 12.7 Å². The molecule has 0 aromatic heterocycles. The van der Waals surface area contributed by atoms with Crippen LogP contribution in [0.4, 0.5) is 0 Å². The zero-order valence-corrected chi connectivity index (χ0v) is 11.7. The van der Waals surface area contributed by atoms with E-state index < -0.39 is 0 Å². The first kappa shape index (κ1) is 14.0. The van der Waals surface area contributed by atoms with Crippen LogP contribution in [0.5, 0.6) is 11.5 Å². The van der Waals surface area contributed by atoms with E-state index in [0.29, 0.717) is 17.9 Å². The van der Waals surface area contributed by atoms with Crippen molar-refractivity contribution in [3.63, 3.8) is 0 Å². The Bertz CT molecular complexity index is 629. The van der Waals surface area contributed by atoms with Crippen molar-refractivity contribution in [3.8, 4) is 17.6 Å². The van der Waals surface area contributed by atoms with Crippen molar-refractivity contribution >= 4 is 0 Å². The van der Waals surface area contributed by atoms with Gasteiger partial charge in [0.2, 0.25) is 0 Å². The normalized spacial score (nSPS) is 9.85. The number of benzene rings is 2. The van der Waals surface area contributed by atoms with Gasteiger partial charge in [0.25, 0.3) is 0 Å². The quantitative estimate of drug-likeness (QED) is 0.829. The highest BCUT2D eigenvalue weighted by Gasteiger charge is 2.04. The fourth-order valence-electron chi connectivity index (χ4n) is 1.94. The topological polar surface area (TPSA) is 42.2 Å². The minimum Gasteiger partial charge on any atom is -0.495 e. The molecule has 0 amide bonds. The first-order valence-electron chi connectivity index (χ1n) is 6.55. The van der Waals surface area contributed by atoms with Crippen LogP contribution in [0.1, 0.15) is 23.6 Å². The Balaban J connectivity index is 2.09. The Morgan fingerprint density at radius 3 is 2.65 bits per heavy atom. The van der Waals surface area contributed by atoms with E-state index in [1.807, 2.05) is 30.3 Å². The first-order chi connectivity index (χ1) is 9.76. The molecule has 0 unspecified atom stereocenters. The zero-order valence-electron chi connectivity index (χ0n) is 11.7. The lowest BCUT2D eigenvalue weighted by Crippen LogP contribution is -1.97. The van der Waals surface area contributed by atoms with Crippen molar-refractivity contribution < 1.29 is 9.47 Å². The Morgan fingerprint density at radius 2 is 1.95 bits per heavy atom. The van der Waals surface area contributed by atoms with Crippen molar-refractivity contribution in [1.82, 2.24) is 0 Å². The van der Waals surface area contributed by atoms with Gasteiger partial charge in [-0.15, -0.1) is 0 Å². The van der Waals surface area contributed by atoms with Gasteiger partial charge in [0.15, 0.2) is 0 Å². The molecule has 0 radical (unpaired) electrons. The van der Waals surface area contributed by atoms with Crippen molar-refractivity contribution in [3.05, 3.63) is 59.2 Å². The second-order valence-corrected chi connectivity index (χ2v) is 4.44. The standard InChI is InChI=1S/C17H17NO2/c1-3-13-5-4-6-16(9-13)20-12-14-7-8-15(11-18)17(10-14)19-2/h4-10H,3,12H2,1-2H3. The van der Waals surface area contributed by atoms with Crippen molar-refractivity contribution in [1.29, 1.82) is 5.26 Å². The molecule has 0 bridgehead atoms. The maximum atomic E-state index is 8.94. The van der Waals surface area contributed by atoms with Gasteiger partial charge in [-0.2, -0.15) is 5.26 Å². The molecule has 0 saturated heterocycles. The third kappa shape index (κ3) is 3.30. The lowest BCUT2D eigenvalue weighted by molar-refractivity contribution is 0.305. The smallest absolute Gasteiger partial charge is 0.137 e. The van der Waals surface area contributed by atoms with Crippen LogP contribution in [0.3, 0.4) is 0 Å². The van der Waals surface area contributed by atoms with Gasteiger partial charge in [-0.1, -0.05) is 25.1 Å². The minimum atomic E-state index is 0.454. The van der Waals surface area contributed by atoms with Gasteiger partial charge in [-0.05, 0) is 41.8 Å². The fourth-order valence-corrected chi connectivity index (χ4v) is 1.94. The number of methoxy groups -OCH3 is 1. The summed E-state index contributed by atoms with van der Waals surface area (Å²) >= 11 is 0. The van der Waals surface area contributed by atoms with Crippen molar-refractivity contribution in [2.75, 3.05) is 7.11 Å². The summed E-state index contributed by atoms with van der Waals surface area (Å²) in [6.45, 7) is 2.57. The van der Waals surface area contributed by atoms with Crippen LogP contribution in [0.25, 0.3) is 0 Å². The highest BCUT2D eigenvalue weighted by molar-refractivity contribution is 5.45. The number of hydrogen-bond acceptors (Lipinski definition) is 3. The molecule has 2 aromatic carbocycles. The lowest BCUT2D eigenvalue weighted by Gasteiger charge is -2.09. The van der Waals surface area contributed by atoms with Crippen LogP contribution in [-0.2, 0) is 13.0 Å². The molecule has 0 saturated carbocycles. The Morgan fingerprint density at radius 1 is 1.10 bits per heavy atom. The summed E-state index contributed by atoms with van der Waals surface area (Å²) in [7, 11) is 1.56. The van der Waals surface area contributed by atoms with Crippen LogP contribution in [-0.4, -0.2) is 7.11 Å². The molecule has 3 heteroatoms. The molecule has 0 aliphatic carbocycles. The number of nitriles is 1. The molecule has 0 spiro atoms. The summed E-state index contributed by atoms with van der Waals surface area (Å²) in [5.41, 5.74) is 2.76. The van der Waals surface area contributed by atoms with Crippen molar-refractivity contribution in [2.45, 2.75) is 20.0 Å². The number of hydrogen-bond donors (Lipinski definition) is 0. The molecule has 2 aromatic rings. The minimum absolute atomic E-state index is 0.454. The number of ether oxygens (including phenoxy) is 2. The van der Waals surface area contributed by atoms with E-state index in [1.165, 1.54) is 5.56 Å². The maximum absolute atomic E-state index is 8.94. The summed E-state index contributed by atoms with van der Waals surface area (Å²) in [4.78, 5) is 0. The maximum Gasteiger partial charge on any atom is 0.137 e. The van der Waals surface area contributed by atoms with Gasteiger partial charge in [-0.25, -0.2) is 0 Å². The first-order valence-corrected chi connectivity index (χ1v) is 6.55. The van der Waals surface area contributed by atoms with Gasteiger partial charge in [0, 0.05) is 0 Å². The molecule has 0 N–H and O–H groups in total. The highest BCUT2D eigenvalue weighted by Crippen LogP contribution is 2.21. The van der Waals surface area contributed by atoms with Crippen LogP contribution >= 0.6 is 0 Å². The Hall–Kier alpha value is -2.47. The zero-order chi connectivity index (χ0) is 14.4. The molecule has 102 valence electrons. The van der Waals surface area contributed by atoms with E-state index in [0.717, 1.165) is 17.7 Å². The predicted octanol–water partition coefficient (Wildman–Crippen LogP) is 3.71. The van der Waals surface area contributed by atoms with Gasteiger partial charge in [0.1, 0.15) is 24.2 Å². The van der Waals surface area contributed by atoms with Crippen molar-refractivity contribution in [2.24, 2.45) is 0 Å². The fraction of sp³-hybridized carbons (Fsp3) is 0.235. The van der Waals surface area contributed by atoms with E-state index >= 15 is 0 Å². The molecule has 0 aliphatic rings. The summed E-state index contributed by atoms with van der Waals surface area (Å²) in [5.74, 6) is 1.43. The van der Waals surface area contributed by atoms with Gasteiger partial charge >= 0.3 is 0 Å². The Labute approximate surface area is 119 Å². The van der Waals surface area contributed by atoms with E-state index in [4.69, 9.17) is 14.7 Å². The van der Waals surface area contributed by atoms with E-state index in [9.17, 15) is 0 Å². The third-order valence-electron chi connectivity index (χ3n) is 3.10. The molecule has 0 fully saturated rings. The average Bonchev–Trinajstić information content (AvgIpc) is 2.52. The predicted molar refractivity (Wildman–Crippen MR) is 77.9 cm³/mol. The van der Waals surface area contributed by atoms with E-state index in [2.05, 4.69) is 19.1 Å². The van der Waals surface area contributed by atoms with Crippen LogP contribution < -0.4 is 9.47 Å². The summed E-state index contributed by atoms with van der Waals surface area (Å²) in [6.07, 6.45) is 0.988. The second-order valence-electron chi connectivity index (χ2n) is 4.44. The van der Waals surface area contributed by atoms with Gasteiger partial charge < -0.3 is 9.47 Å². The molecule has 2 rings (SSSR count). The molecule has 0 heterocycles. The summed E-state index contributed by atoms with van der Waals surface area (Å²) in [5, 5.41) is 8.94. The Kier molecular flexibility index (Phi) is 4.62. The van der Waals surface area contributed by atoms with Crippen LogP contribution in [0.2, 0.25) is 0 Å². The van der Waals surface area contributed by atoms with Crippen LogP contribution in [0, 0.1) is 11.3 Å². The average molecular weight is 267 g/mol. The molecule has 3 nitrogen and oxygen atoms in total.